The minimum absolute atomic E-state index is 0.370. The number of carboxylic acids is 1. The van der Waals surface area contributed by atoms with Crippen molar-refractivity contribution in [1.29, 1.82) is 0 Å². The standard InChI is InChI=1S/C30H28F2O3S/c1-18(13-28(33)34)26-16-22-21(11-8-12-25(22)36-26)23-14-20(19-9-6-5-7-10-19)15-24(30(2,3)4)29(23)35-17-27(31)32/h5-16,27H,17H2,1-4H3,(H,33,34)/b18-13-. The van der Waals surface area contributed by atoms with E-state index in [9.17, 15) is 18.7 Å². The van der Waals surface area contributed by atoms with E-state index >= 15 is 0 Å². The fourth-order valence-electron chi connectivity index (χ4n) is 4.23. The Labute approximate surface area is 213 Å². The molecule has 4 aromatic rings. The van der Waals surface area contributed by atoms with E-state index in [1.165, 1.54) is 17.4 Å². The quantitative estimate of drug-likeness (QED) is 0.255. The fraction of sp³-hybridized carbons (Fsp3) is 0.233. The van der Waals surface area contributed by atoms with E-state index in [1.807, 2.05) is 87.5 Å². The van der Waals surface area contributed by atoms with Crippen LogP contribution >= 0.6 is 11.3 Å². The van der Waals surface area contributed by atoms with Crippen LogP contribution in [-0.2, 0) is 10.2 Å². The zero-order chi connectivity index (χ0) is 26.0. The summed E-state index contributed by atoms with van der Waals surface area (Å²) in [6.07, 6.45) is -1.42. The third kappa shape index (κ3) is 5.49. The number of carbonyl (C=O) groups is 1. The molecule has 3 aromatic carbocycles. The third-order valence-corrected chi connectivity index (χ3v) is 7.17. The Balaban J connectivity index is 2.02. The average molecular weight is 507 g/mol. The number of benzene rings is 3. The largest absolute Gasteiger partial charge is 0.487 e. The van der Waals surface area contributed by atoms with Gasteiger partial charge in [-0.05, 0) is 58.9 Å². The summed E-state index contributed by atoms with van der Waals surface area (Å²) >= 11 is 1.50. The maximum Gasteiger partial charge on any atom is 0.328 e. The maximum atomic E-state index is 13.3. The molecule has 36 heavy (non-hydrogen) atoms. The highest BCUT2D eigenvalue weighted by Gasteiger charge is 2.26. The van der Waals surface area contributed by atoms with Crippen molar-refractivity contribution in [2.75, 3.05) is 6.61 Å². The van der Waals surface area contributed by atoms with E-state index < -0.39 is 19.0 Å². The lowest BCUT2D eigenvalue weighted by molar-refractivity contribution is -0.131. The van der Waals surface area contributed by atoms with Gasteiger partial charge in [-0.3, -0.25) is 0 Å². The number of ether oxygens (including phenoxy) is 1. The smallest absolute Gasteiger partial charge is 0.328 e. The Kier molecular flexibility index (Phi) is 7.27. The Bertz CT molecular complexity index is 1430. The summed E-state index contributed by atoms with van der Waals surface area (Å²) in [6, 6.07) is 21.8. The van der Waals surface area contributed by atoms with Crippen LogP contribution in [-0.4, -0.2) is 24.1 Å². The van der Waals surface area contributed by atoms with E-state index in [0.29, 0.717) is 11.3 Å². The molecule has 0 radical (unpaired) electrons. The highest BCUT2D eigenvalue weighted by atomic mass is 32.1. The van der Waals surface area contributed by atoms with Gasteiger partial charge in [0.05, 0.1) is 0 Å². The number of rotatable bonds is 7. The van der Waals surface area contributed by atoms with Gasteiger partial charge in [0.1, 0.15) is 12.4 Å². The first kappa shape index (κ1) is 25.6. The number of hydrogen-bond donors (Lipinski definition) is 1. The molecule has 6 heteroatoms. The van der Waals surface area contributed by atoms with Crippen LogP contribution in [0.5, 0.6) is 5.75 Å². The summed E-state index contributed by atoms with van der Waals surface area (Å²) in [4.78, 5) is 12.1. The second-order valence-corrected chi connectivity index (χ2v) is 10.8. The van der Waals surface area contributed by atoms with E-state index in [0.717, 1.165) is 42.8 Å². The van der Waals surface area contributed by atoms with Crippen LogP contribution in [0.25, 0.3) is 37.9 Å². The van der Waals surface area contributed by atoms with Gasteiger partial charge in [0.15, 0.2) is 0 Å². The molecular formula is C30H28F2O3S. The molecule has 0 aliphatic carbocycles. The lowest BCUT2D eigenvalue weighted by Crippen LogP contribution is -2.17. The number of alkyl halides is 2. The van der Waals surface area contributed by atoms with Gasteiger partial charge in [0, 0.05) is 32.2 Å². The molecule has 1 N–H and O–H groups in total. The highest BCUT2D eigenvalue weighted by molar-refractivity contribution is 7.20. The van der Waals surface area contributed by atoms with Crippen molar-refractivity contribution in [1.82, 2.24) is 0 Å². The first-order valence-electron chi connectivity index (χ1n) is 11.6. The molecule has 0 aliphatic rings. The molecule has 0 amide bonds. The molecular weight excluding hydrogens is 478 g/mol. The number of thiophene rings is 1. The molecule has 0 bridgehead atoms. The lowest BCUT2D eigenvalue weighted by atomic mass is 9.81. The third-order valence-electron chi connectivity index (χ3n) is 5.94. The number of aliphatic carboxylic acids is 1. The average Bonchev–Trinajstić information content (AvgIpc) is 3.26. The Morgan fingerprint density at radius 1 is 1.00 bits per heavy atom. The molecule has 186 valence electrons. The predicted octanol–water partition coefficient (Wildman–Crippen LogP) is 8.66. The van der Waals surface area contributed by atoms with Gasteiger partial charge in [-0.1, -0.05) is 63.2 Å². The zero-order valence-corrected chi connectivity index (χ0v) is 21.5. The lowest BCUT2D eigenvalue weighted by Gasteiger charge is -2.26. The molecule has 4 rings (SSSR count). The second-order valence-electron chi connectivity index (χ2n) is 9.71. The Morgan fingerprint density at radius 2 is 1.72 bits per heavy atom. The van der Waals surface area contributed by atoms with Crippen molar-refractivity contribution in [3.8, 4) is 28.0 Å². The van der Waals surface area contributed by atoms with E-state index in [2.05, 4.69) is 0 Å². The normalized spacial score (nSPS) is 12.4. The number of fused-ring (bicyclic) bond motifs is 1. The van der Waals surface area contributed by atoms with Crippen molar-refractivity contribution in [2.24, 2.45) is 0 Å². The summed E-state index contributed by atoms with van der Waals surface area (Å²) in [7, 11) is 0. The van der Waals surface area contributed by atoms with Crippen molar-refractivity contribution < 1.29 is 23.4 Å². The zero-order valence-electron chi connectivity index (χ0n) is 20.6. The second kappa shape index (κ2) is 10.2. The van der Waals surface area contributed by atoms with Crippen LogP contribution in [0.1, 0.15) is 38.1 Å². The first-order valence-corrected chi connectivity index (χ1v) is 12.5. The molecule has 0 atom stereocenters. The molecule has 0 fully saturated rings. The van der Waals surface area contributed by atoms with Gasteiger partial charge >= 0.3 is 5.97 Å². The van der Waals surface area contributed by atoms with E-state index in [1.54, 1.807) is 6.92 Å². The van der Waals surface area contributed by atoms with Crippen molar-refractivity contribution >= 4 is 33.0 Å². The van der Waals surface area contributed by atoms with Gasteiger partial charge in [-0.25, -0.2) is 13.6 Å². The van der Waals surface area contributed by atoms with Crippen molar-refractivity contribution in [3.05, 3.63) is 83.2 Å². The van der Waals surface area contributed by atoms with Crippen LogP contribution in [0.3, 0.4) is 0 Å². The molecule has 0 aliphatic heterocycles. The monoisotopic (exact) mass is 506 g/mol. The van der Waals surface area contributed by atoms with Gasteiger partial charge in [0.25, 0.3) is 6.43 Å². The molecule has 0 saturated carbocycles. The van der Waals surface area contributed by atoms with E-state index in [4.69, 9.17) is 4.74 Å². The summed E-state index contributed by atoms with van der Waals surface area (Å²) in [5.74, 6) is -0.557. The molecule has 1 aromatic heterocycles. The summed E-state index contributed by atoms with van der Waals surface area (Å²) in [5.41, 5.74) is 4.69. The topological polar surface area (TPSA) is 46.5 Å². The van der Waals surface area contributed by atoms with E-state index in [-0.39, 0.29) is 5.41 Å². The first-order chi connectivity index (χ1) is 17.0. The number of allylic oxidation sites excluding steroid dienone is 1. The number of hydrogen-bond acceptors (Lipinski definition) is 3. The Hall–Kier alpha value is -3.51. The fourth-order valence-corrected chi connectivity index (χ4v) is 5.29. The van der Waals surface area contributed by atoms with Crippen LogP contribution in [0, 0.1) is 0 Å². The van der Waals surface area contributed by atoms with Crippen LogP contribution in [0.4, 0.5) is 8.78 Å². The van der Waals surface area contributed by atoms with Crippen LogP contribution in [0.2, 0.25) is 0 Å². The van der Waals surface area contributed by atoms with Gasteiger partial charge in [-0.2, -0.15) is 0 Å². The van der Waals surface area contributed by atoms with Crippen molar-refractivity contribution in [3.63, 3.8) is 0 Å². The van der Waals surface area contributed by atoms with Gasteiger partial charge in [0.2, 0.25) is 0 Å². The van der Waals surface area contributed by atoms with Crippen LogP contribution in [0.15, 0.2) is 72.8 Å². The SMILES string of the molecule is C/C(=C/C(=O)O)c1cc2c(-c3cc(-c4ccccc4)cc(C(C)(C)C)c3OCC(F)F)cccc2s1. The maximum absolute atomic E-state index is 13.3. The highest BCUT2D eigenvalue weighted by Crippen LogP contribution is 2.46. The minimum atomic E-state index is -2.60. The summed E-state index contributed by atoms with van der Waals surface area (Å²) in [5, 5.41) is 10.1. The molecule has 1 heterocycles. The van der Waals surface area contributed by atoms with Crippen LogP contribution < -0.4 is 4.74 Å². The summed E-state index contributed by atoms with van der Waals surface area (Å²) in [6.45, 7) is 7.19. The molecule has 0 saturated heterocycles. The van der Waals surface area contributed by atoms with Crippen molar-refractivity contribution in [2.45, 2.75) is 39.5 Å². The molecule has 3 nitrogen and oxygen atoms in total. The Morgan fingerprint density at radius 3 is 2.36 bits per heavy atom. The van der Waals surface area contributed by atoms with Gasteiger partial charge < -0.3 is 9.84 Å². The number of halogens is 2. The number of carboxylic acid groups (broad SMARTS) is 1. The van der Waals surface area contributed by atoms with Gasteiger partial charge in [-0.15, -0.1) is 11.3 Å². The molecule has 0 spiro atoms. The predicted molar refractivity (Wildman–Crippen MR) is 144 cm³/mol. The summed E-state index contributed by atoms with van der Waals surface area (Å²) < 4.78 is 33.4. The molecule has 0 unspecified atom stereocenters. The minimum Gasteiger partial charge on any atom is -0.487 e.